The van der Waals surface area contributed by atoms with E-state index in [1.54, 1.807) is 19.6 Å². The van der Waals surface area contributed by atoms with Gasteiger partial charge in [-0.25, -0.2) is 4.98 Å². The second kappa shape index (κ2) is 6.02. The highest BCUT2D eigenvalue weighted by atomic mass is 16.5. The quantitative estimate of drug-likeness (QED) is 0.302. The van der Waals surface area contributed by atoms with Gasteiger partial charge in [-0.3, -0.25) is 10.3 Å². The summed E-state index contributed by atoms with van der Waals surface area (Å²) in [5, 5.41) is 14.2. The molecule has 0 amide bonds. The minimum absolute atomic E-state index is 0.0801. The van der Waals surface area contributed by atoms with Gasteiger partial charge in [0.05, 0.1) is 37.0 Å². The number of nitrogens with zero attached hydrogens (tertiary/aromatic N) is 3. The lowest BCUT2D eigenvalue weighted by Crippen LogP contribution is -2.45. The van der Waals surface area contributed by atoms with Gasteiger partial charge in [0.25, 0.3) is 0 Å². The Bertz CT molecular complexity index is 427. The molecular weight excluding hydrogens is 232 g/mol. The van der Waals surface area contributed by atoms with Crippen LogP contribution in [0.1, 0.15) is 24.6 Å². The van der Waals surface area contributed by atoms with Crippen molar-refractivity contribution >= 4 is 5.96 Å². The average molecular weight is 248 g/mol. The fourth-order valence-corrected chi connectivity index (χ4v) is 1.96. The summed E-state index contributed by atoms with van der Waals surface area (Å²) in [5.41, 5.74) is 1.01. The largest absolute Gasteiger partial charge is 0.370 e. The number of nitrogens with one attached hydrogen (secondary N) is 3. The monoisotopic (exact) mass is 248 g/mol. The van der Waals surface area contributed by atoms with Crippen molar-refractivity contribution in [3.05, 3.63) is 18.2 Å². The Kier molecular flexibility index (Phi) is 4.15. The smallest absolute Gasteiger partial charge is 0.204 e. The van der Waals surface area contributed by atoms with Crippen LogP contribution in [0, 0.1) is 11.5 Å². The number of ether oxygens (including phenoxy) is 1. The standard InChI is InChI=1S/C11H16N6O/c1-13-11(15-6-12)17-8-2-3-10(18-5-8)9-4-14-7-16-9/h4,7-8,10H,2-3,5H2,1H3,(H,14,16)(H2,13,15,17)/t8-,10+/m0/s1. The molecule has 7 heteroatoms. The molecule has 2 atom stereocenters. The lowest BCUT2D eigenvalue weighted by atomic mass is 10.0. The Labute approximate surface area is 105 Å². The first-order chi connectivity index (χ1) is 8.83. The molecule has 96 valence electrons. The summed E-state index contributed by atoms with van der Waals surface area (Å²) in [6.45, 7) is 0.579. The van der Waals surface area contributed by atoms with Crippen LogP contribution in [0.5, 0.6) is 0 Å². The Morgan fingerprint density at radius 1 is 1.67 bits per heavy atom. The molecule has 0 radical (unpaired) electrons. The Hall–Kier alpha value is -2.07. The molecule has 2 rings (SSSR count). The number of H-pyrrole nitrogens is 1. The van der Waals surface area contributed by atoms with Crippen molar-refractivity contribution in [2.24, 2.45) is 4.99 Å². The van der Waals surface area contributed by atoms with Crippen LogP contribution in [-0.2, 0) is 4.74 Å². The van der Waals surface area contributed by atoms with Crippen LogP contribution in [0.4, 0.5) is 0 Å². The van der Waals surface area contributed by atoms with Gasteiger partial charge in [-0.05, 0) is 12.8 Å². The van der Waals surface area contributed by atoms with Gasteiger partial charge in [-0.1, -0.05) is 0 Å². The van der Waals surface area contributed by atoms with Gasteiger partial charge in [-0.2, -0.15) is 5.26 Å². The molecule has 18 heavy (non-hydrogen) atoms. The maximum absolute atomic E-state index is 8.54. The van der Waals surface area contributed by atoms with Crippen LogP contribution >= 0.6 is 0 Å². The van der Waals surface area contributed by atoms with Crippen LogP contribution in [0.15, 0.2) is 17.5 Å². The van der Waals surface area contributed by atoms with Crippen molar-refractivity contribution in [3.63, 3.8) is 0 Å². The number of aromatic amines is 1. The summed E-state index contributed by atoms with van der Waals surface area (Å²) >= 11 is 0. The van der Waals surface area contributed by atoms with Crippen LogP contribution < -0.4 is 10.6 Å². The molecule has 1 aromatic heterocycles. The molecule has 0 spiro atoms. The summed E-state index contributed by atoms with van der Waals surface area (Å²) in [6, 6.07) is 0.170. The highest BCUT2D eigenvalue weighted by Crippen LogP contribution is 2.26. The van der Waals surface area contributed by atoms with Gasteiger partial charge in [0.2, 0.25) is 5.96 Å². The molecule has 0 bridgehead atoms. The summed E-state index contributed by atoms with van der Waals surface area (Å²) in [7, 11) is 1.63. The number of rotatable bonds is 2. The number of aliphatic imine (C=N–C) groups is 1. The van der Waals surface area contributed by atoms with Crippen molar-refractivity contribution in [1.82, 2.24) is 20.6 Å². The minimum atomic E-state index is 0.0801. The fourth-order valence-electron chi connectivity index (χ4n) is 1.96. The normalized spacial score (nSPS) is 24.3. The molecule has 2 heterocycles. The van der Waals surface area contributed by atoms with E-state index in [9.17, 15) is 0 Å². The highest BCUT2D eigenvalue weighted by Gasteiger charge is 2.24. The molecule has 1 aliphatic rings. The third kappa shape index (κ3) is 2.99. The Balaban J connectivity index is 1.82. The van der Waals surface area contributed by atoms with E-state index in [2.05, 4.69) is 25.6 Å². The number of nitriles is 1. The van der Waals surface area contributed by atoms with Crippen molar-refractivity contribution < 1.29 is 4.74 Å². The molecular formula is C11H16N6O. The van der Waals surface area contributed by atoms with Crippen molar-refractivity contribution in [2.75, 3.05) is 13.7 Å². The van der Waals surface area contributed by atoms with Gasteiger partial charge in [0.15, 0.2) is 6.19 Å². The van der Waals surface area contributed by atoms with E-state index in [1.165, 1.54) is 0 Å². The number of imidazole rings is 1. The molecule has 3 N–H and O–H groups in total. The van der Waals surface area contributed by atoms with E-state index in [0.29, 0.717) is 12.6 Å². The molecule has 0 unspecified atom stereocenters. The van der Waals surface area contributed by atoms with E-state index in [1.807, 2.05) is 6.19 Å². The third-order valence-corrected chi connectivity index (χ3v) is 2.88. The first-order valence-corrected chi connectivity index (χ1v) is 5.81. The van der Waals surface area contributed by atoms with Crippen LogP contribution in [-0.4, -0.2) is 35.6 Å². The van der Waals surface area contributed by atoms with Gasteiger partial charge >= 0.3 is 0 Å². The summed E-state index contributed by atoms with van der Waals surface area (Å²) < 4.78 is 5.76. The Morgan fingerprint density at radius 3 is 3.11 bits per heavy atom. The predicted molar refractivity (Wildman–Crippen MR) is 65.5 cm³/mol. The van der Waals surface area contributed by atoms with Gasteiger partial charge in [-0.15, -0.1) is 0 Å². The number of guanidine groups is 1. The maximum Gasteiger partial charge on any atom is 0.204 e. The SMILES string of the molecule is CN=C(NC#N)N[C@H]1CC[C@H](c2cnc[nH]2)OC1. The lowest BCUT2D eigenvalue weighted by Gasteiger charge is -2.29. The molecule has 1 aromatic rings. The zero-order valence-corrected chi connectivity index (χ0v) is 10.2. The Morgan fingerprint density at radius 2 is 2.56 bits per heavy atom. The van der Waals surface area contributed by atoms with Crippen molar-refractivity contribution in [1.29, 1.82) is 5.26 Å². The first kappa shape index (κ1) is 12.4. The van der Waals surface area contributed by atoms with Crippen molar-refractivity contribution in [3.8, 4) is 6.19 Å². The molecule has 1 saturated heterocycles. The number of aromatic nitrogens is 2. The zero-order valence-electron chi connectivity index (χ0n) is 10.2. The molecule has 7 nitrogen and oxygen atoms in total. The topological polar surface area (TPSA) is 98.1 Å². The second-order valence-corrected chi connectivity index (χ2v) is 4.06. The lowest BCUT2D eigenvalue weighted by molar-refractivity contribution is -0.00237. The van der Waals surface area contributed by atoms with E-state index in [4.69, 9.17) is 10.00 Å². The highest BCUT2D eigenvalue weighted by molar-refractivity contribution is 5.81. The fraction of sp³-hybridized carbons (Fsp3) is 0.545. The molecule has 1 aliphatic heterocycles. The molecule has 0 saturated carbocycles. The van der Waals surface area contributed by atoms with Gasteiger partial charge in [0.1, 0.15) is 0 Å². The van der Waals surface area contributed by atoms with E-state index in [0.717, 1.165) is 18.5 Å². The van der Waals surface area contributed by atoms with E-state index in [-0.39, 0.29) is 12.1 Å². The van der Waals surface area contributed by atoms with E-state index < -0.39 is 0 Å². The zero-order chi connectivity index (χ0) is 12.8. The van der Waals surface area contributed by atoms with Gasteiger partial charge < -0.3 is 15.0 Å². The number of hydrogen-bond acceptors (Lipinski definition) is 4. The third-order valence-electron chi connectivity index (χ3n) is 2.88. The summed E-state index contributed by atoms with van der Waals surface area (Å²) in [5.74, 6) is 0.478. The predicted octanol–water partition coefficient (Wildman–Crippen LogP) is 0.276. The number of hydrogen-bond donors (Lipinski definition) is 3. The van der Waals surface area contributed by atoms with Crippen LogP contribution in [0.3, 0.4) is 0 Å². The summed E-state index contributed by atoms with van der Waals surface area (Å²) in [4.78, 5) is 11.0. The maximum atomic E-state index is 8.54. The van der Waals surface area contributed by atoms with E-state index >= 15 is 0 Å². The van der Waals surface area contributed by atoms with Gasteiger partial charge in [0, 0.05) is 7.05 Å². The molecule has 0 aromatic carbocycles. The summed E-state index contributed by atoms with van der Waals surface area (Å²) in [6.07, 6.45) is 7.22. The average Bonchev–Trinajstić information content (AvgIpc) is 2.93. The minimum Gasteiger partial charge on any atom is -0.370 e. The van der Waals surface area contributed by atoms with Crippen molar-refractivity contribution in [2.45, 2.75) is 25.0 Å². The molecule has 0 aliphatic carbocycles. The van der Waals surface area contributed by atoms with Crippen LogP contribution in [0.2, 0.25) is 0 Å². The second-order valence-electron chi connectivity index (χ2n) is 4.06. The van der Waals surface area contributed by atoms with Crippen LogP contribution in [0.25, 0.3) is 0 Å². The first-order valence-electron chi connectivity index (χ1n) is 5.81. The molecule has 1 fully saturated rings.